The van der Waals surface area contributed by atoms with Crippen molar-refractivity contribution in [3.63, 3.8) is 0 Å². The van der Waals surface area contributed by atoms with Crippen LogP contribution in [-0.2, 0) is 9.67 Å². The Morgan fingerprint density at radius 1 is 1.21 bits per heavy atom. The van der Waals surface area contributed by atoms with E-state index in [-0.39, 0.29) is 11.1 Å². The quantitative estimate of drug-likeness (QED) is 0.631. The molecule has 0 spiro atoms. The van der Waals surface area contributed by atoms with Crippen molar-refractivity contribution in [2.24, 2.45) is 0 Å². The zero-order valence-electron chi connectivity index (χ0n) is 12.5. The molecule has 2 aromatic rings. The summed E-state index contributed by atoms with van der Waals surface area (Å²) in [5, 5.41) is 0.324. The first-order chi connectivity index (χ1) is 11.2. The van der Waals surface area contributed by atoms with Gasteiger partial charge in [-0.15, -0.1) is 0 Å². The summed E-state index contributed by atoms with van der Waals surface area (Å²) >= 11 is 6.95. The normalized spacial score (nSPS) is 20.5. The summed E-state index contributed by atoms with van der Waals surface area (Å²) in [5.74, 6) is -0.773. The fourth-order valence-corrected chi connectivity index (χ4v) is 4.05. The summed E-state index contributed by atoms with van der Waals surface area (Å²) in [7, 11) is 0. The largest absolute Gasteiger partial charge is 0.439 e. The molecule has 1 atom stereocenters. The highest BCUT2D eigenvalue weighted by Gasteiger charge is 2.50. The predicted molar refractivity (Wildman–Crippen MR) is 86.3 cm³/mol. The van der Waals surface area contributed by atoms with Gasteiger partial charge in [0.15, 0.2) is 4.93 Å². The van der Waals surface area contributed by atoms with Crippen LogP contribution in [0.3, 0.4) is 0 Å². The number of carbonyl (C=O) groups excluding carboxylic acids is 1. The lowest BCUT2D eigenvalue weighted by atomic mass is 10.0. The molecule has 2 aromatic carbocycles. The van der Waals surface area contributed by atoms with Crippen LogP contribution < -0.4 is 0 Å². The molecule has 0 aromatic heterocycles. The van der Waals surface area contributed by atoms with E-state index in [9.17, 15) is 18.0 Å². The van der Waals surface area contributed by atoms with Gasteiger partial charge in [0.05, 0.1) is 12.0 Å². The molecule has 7 heteroatoms. The van der Waals surface area contributed by atoms with Gasteiger partial charge >= 0.3 is 12.1 Å². The van der Waals surface area contributed by atoms with E-state index in [0.717, 1.165) is 17.3 Å². The minimum atomic E-state index is -4.52. The maximum absolute atomic E-state index is 13.2. The first-order valence-electron chi connectivity index (χ1n) is 7.05. The van der Waals surface area contributed by atoms with Gasteiger partial charge in [-0.3, -0.25) is 0 Å². The summed E-state index contributed by atoms with van der Waals surface area (Å²) in [4.78, 5) is 10.8. The highest BCUT2D eigenvalue weighted by molar-refractivity contribution is 8.00. The van der Waals surface area contributed by atoms with Gasteiger partial charge in [0.25, 0.3) is 0 Å². The second-order valence-corrected chi connectivity index (χ2v) is 7.21. The number of alkyl halides is 3. The third-order valence-corrected chi connectivity index (χ3v) is 5.46. The SMILES string of the molecule is Cc1ccc(C2(CC(F)(F)F)OC(=O)c3ccccc3S2)cc1Cl. The topological polar surface area (TPSA) is 26.3 Å². The number of hydrogen-bond acceptors (Lipinski definition) is 3. The molecule has 3 rings (SSSR count). The minimum absolute atomic E-state index is 0.211. The molecule has 2 nitrogen and oxygen atoms in total. The molecule has 0 fully saturated rings. The standard InChI is InChI=1S/C17H12ClF3O2S/c1-10-6-7-11(8-13(10)18)16(9-17(19,20)21)23-15(22)12-4-2-3-5-14(12)24-16/h2-8H,9H2,1H3. The molecule has 0 N–H and O–H groups in total. The number of fused-ring (bicyclic) bond motifs is 1. The Labute approximate surface area is 146 Å². The zero-order valence-corrected chi connectivity index (χ0v) is 14.1. The van der Waals surface area contributed by atoms with Crippen LogP contribution in [0.25, 0.3) is 0 Å². The van der Waals surface area contributed by atoms with Crippen LogP contribution in [0.2, 0.25) is 5.02 Å². The number of cyclic esters (lactones) is 1. The number of esters is 1. The van der Waals surface area contributed by atoms with Crippen LogP contribution in [0.15, 0.2) is 47.4 Å². The van der Waals surface area contributed by atoms with Gasteiger partial charge in [-0.05, 0) is 30.7 Å². The van der Waals surface area contributed by atoms with E-state index in [1.807, 2.05) is 0 Å². The molecule has 0 amide bonds. The molecule has 126 valence electrons. The van der Waals surface area contributed by atoms with E-state index < -0.39 is 23.5 Å². The summed E-state index contributed by atoms with van der Waals surface area (Å²) in [6, 6.07) is 11.0. The van der Waals surface area contributed by atoms with Crippen LogP contribution in [0, 0.1) is 6.92 Å². The Morgan fingerprint density at radius 3 is 2.58 bits per heavy atom. The highest BCUT2D eigenvalue weighted by Crippen LogP contribution is 2.53. The molecule has 1 aliphatic rings. The fourth-order valence-electron chi connectivity index (χ4n) is 2.51. The van der Waals surface area contributed by atoms with E-state index >= 15 is 0 Å². The molecule has 24 heavy (non-hydrogen) atoms. The Balaban J connectivity index is 2.14. The molecule has 0 saturated carbocycles. The van der Waals surface area contributed by atoms with Crippen LogP contribution >= 0.6 is 23.4 Å². The van der Waals surface area contributed by atoms with Crippen molar-refractivity contribution in [3.05, 3.63) is 64.2 Å². The number of hydrogen-bond donors (Lipinski definition) is 0. The average molecular weight is 373 g/mol. The minimum Gasteiger partial charge on any atom is -0.439 e. The van der Waals surface area contributed by atoms with Crippen molar-refractivity contribution in [1.82, 2.24) is 0 Å². The van der Waals surface area contributed by atoms with Gasteiger partial charge in [-0.2, -0.15) is 13.2 Å². The van der Waals surface area contributed by atoms with E-state index in [1.54, 1.807) is 31.2 Å². The lowest BCUT2D eigenvalue weighted by Crippen LogP contribution is -2.37. The molecule has 1 heterocycles. The molecule has 1 aliphatic heterocycles. The Morgan fingerprint density at radius 2 is 1.92 bits per heavy atom. The molecular weight excluding hydrogens is 361 g/mol. The Kier molecular flexibility index (Phi) is 4.30. The highest BCUT2D eigenvalue weighted by atomic mass is 35.5. The van der Waals surface area contributed by atoms with Gasteiger partial charge in [0.1, 0.15) is 0 Å². The lowest BCUT2D eigenvalue weighted by Gasteiger charge is -2.37. The van der Waals surface area contributed by atoms with Crippen molar-refractivity contribution in [3.8, 4) is 0 Å². The van der Waals surface area contributed by atoms with Gasteiger partial charge in [0.2, 0.25) is 0 Å². The molecule has 0 bridgehead atoms. The molecular formula is C17H12ClF3O2S. The van der Waals surface area contributed by atoms with E-state index in [4.69, 9.17) is 16.3 Å². The van der Waals surface area contributed by atoms with Gasteiger partial charge in [-0.1, -0.05) is 47.6 Å². The lowest BCUT2D eigenvalue weighted by molar-refractivity contribution is -0.161. The van der Waals surface area contributed by atoms with Crippen molar-refractivity contribution in [1.29, 1.82) is 0 Å². The number of carbonyl (C=O) groups is 1. The number of halogens is 4. The Hall–Kier alpha value is -1.66. The van der Waals surface area contributed by atoms with Crippen molar-refractivity contribution >= 4 is 29.3 Å². The van der Waals surface area contributed by atoms with Crippen LogP contribution in [0.4, 0.5) is 13.2 Å². The zero-order chi connectivity index (χ0) is 17.5. The fraction of sp³-hybridized carbons (Fsp3) is 0.235. The van der Waals surface area contributed by atoms with E-state index in [0.29, 0.717) is 9.92 Å². The molecule has 0 saturated heterocycles. The van der Waals surface area contributed by atoms with E-state index in [1.165, 1.54) is 18.2 Å². The number of ether oxygens (including phenoxy) is 1. The predicted octanol–water partition coefficient (Wildman–Crippen LogP) is 5.72. The molecule has 1 unspecified atom stereocenters. The number of aryl methyl sites for hydroxylation is 1. The van der Waals surface area contributed by atoms with Crippen molar-refractivity contribution < 1.29 is 22.7 Å². The summed E-state index contributed by atoms with van der Waals surface area (Å²) < 4.78 is 45.0. The van der Waals surface area contributed by atoms with Crippen molar-refractivity contribution in [2.45, 2.75) is 29.3 Å². The van der Waals surface area contributed by atoms with Crippen LogP contribution in [0.5, 0.6) is 0 Å². The number of benzene rings is 2. The van der Waals surface area contributed by atoms with Crippen LogP contribution in [0.1, 0.15) is 27.9 Å². The van der Waals surface area contributed by atoms with Gasteiger partial charge in [-0.25, -0.2) is 4.79 Å². The summed E-state index contributed by atoms with van der Waals surface area (Å²) in [6.07, 6.45) is -5.82. The smallest absolute Gasteiger partial charge is 0.394 e. The summed E-state index contributed by atoms with van der Waals surface area (Å²) in [5.41, 5.74) is 1.21. The number of thioether (sulfide) groups is 1. The third kappa shape index (κ3) is 3.26. The molecule has 0 aliphatic carbocycles. The average Bonchev–Trinajstić information content (AvgIpc) is 2.48. The van der Waals surface area contributed by atoms with Gasteiger partial charge in [0, 0.05) is 15.5 Å². The number of rotatable bonds is 2. The third-order valence-electron chi connectivity index (χ3n) is 3.68. The first kappa shape index (κ1) is 17.2. The second-order valence-electron chi connectivity index (χ2n) is 5.50. The van der Waals surface area contributed by atoms with Crippen molar-refractivity contribution in [2.75, 3.05) is 0 Å². The Bertz CT molecular complexity index is 807. The van der Waals surface area contributed by atoms with Gasteiger partial charge < -0.3 is 4.74 Å². The maximum Gasteiger partial charge on any atom is 0.394 e. The van der Waals surface area contributed by atoms with Crippen LogP contribution in [-0.4, -0.2) is 12.1 Å². The first-order valence-corrected chi connectivity index (χ1v) is 8.24. The maximum atomic E-state index is 13.2. The second kappa shape index (κ2) is 6.01. The monoisotopic (exact) mass is 372 g/mol. The van der Waals surface area contributed by atoms with E-state index in [2.05, 4.69) is 0 Å². The molecule has 0 radical (unpaired) electrons. The summed E-state index contributed by atoms with van der Waals surface area (Å²) in [6.45, 7) is 1.75.